The summed E-state index contributed by atoms with van der Waals surface area (Å²) in [5.41, 5.74) is 0. The van der Waals surface area contributed by atoms with E-state index in [0.29, 0.717) is 0 Å². The average Bonchev–Trinajstić information content (AvgIpc) is 2.46. The number of nitrogens with zero attached hydrogens (tertiary/aromatic N) is 1. The van der Waals surface area contributed by atoms with Gasteiger partial charge in [-0.25, -0.2) is 4.90 Å². The molecule has 0 aromatic carbocycles. The van der Waals surface area contributed by atoms with Crippen LogP contribution in [0.2, 0.25) is 0 Å². The fourth-order valence-electron chi connectivity index (χ4n) is 1.53. The second-order valence-corrected chi connectivity index (χ2v) is 3.56. The first-order valence-corrected chi connectivity index (χ1v) is 4.81. The molecule has 1 N–H and O–H groups in total. The van der Waals surface area contributed by atoms with E-state index in [1.807, 2.05) is 13.8 Å². The summed E-state index contributed by atoms with van der Waals surface area (Å²) in [6.07, 6.45) is 3.08. The van der Waals surface area contributed by atoms with Crippen molar-refractivity contribution in [3.8, 4) is 0 Å². The minimum absolute atomic E-state index is 0.0761. The minimum Gasteiger partial charge on any atom is -0.373 e. The molecule has 2 atom stereocenters. The third-order valence-electron chi connectivity index (χ3n) is 2.36. The molecule has 14 heavy (non-hydrogen) atoms. The Labute approximate surface area is 83.2 Å². The average molecular weight is 197 g/mol. The van der Waals surface area contributed by atoms with Crippen LogP contribution in [0.1, 0.15) is 26.7 Å². The lowest BCUT2D eigenvalue weighted by atomic mass is 10.0. The molecule has 2 unspecified atom stereocenters. The van der Waals surface area contributed by atoms with Gasteiger partial charge >= 0.3 is 0 Å². The molecule has 1 aliphatic heterocycles. The Bertz CT molecular complexity index is 255. The lowest BCUT2D eigenvalue weighted by molar-refractivity contribution is -0.151. The first kappa shape index (κ1) is 10.9. The molecular formula is C10H15NO3. The summed E-state index contributed by atoms with van der Waals surface area (Å²) in [4.78, 5) is 23.3. The summed E-state index contributed by atoms with van der Waals surface area (Å²) in [5.74, 6) is -0.927. The van der Waals surface area contributed by atoms with Crippen molar-refractivity contribution < 1.29 is 14.7 Å². The maximum absolute atomic E-state index is 11.2. The summed E-state index contributed by atoms with van der Waals surface area (Å²) >= 11 is 0. The number of hydrogen-bond acceptors (Lipinski definition) is 3. The number of amides is 2. The van der Waals surface area contributed by atoms with Crippen molar-refractivity contribution in [3.05, 3.63) is 12.2 Å². The van der Waals surface area contributed by atoms with E-state index in [4.69, 9.17) is 0 Å². The molecule has 4 heteroatoms. The van der Waals surface area contributed by atoms with Crippen LogP contribution in [0.3, 0.4) is 0 Å². The van der Waals surface area contributed by atoms with Crippen LogP contribution in [0.5, 0.6) is 0 Å². The van der Waals surface area contributed by atoms with Crippen LogP contribution >= 0.6 is 0 Å². The summed E-state index contributed by atoms with van der Waals surface area (Å²) < 4.78 is 0. The van der Waals surface area contributed by atoms with Gasteiger partial charge in [-0.3, -0.25) is 9.59 Å². The van der Waals surface area contributed by atoms with Gasteiger partial charge in [-0.15, -0.1) is 0 Å². The first-order chi connectivity index (χ1) is 6.57. The van der Waals surface area contributed by atoms with E-state index in [1.165, 1.54) is 12.2 Å². The molecule has 1 aliphatic rings. The molecule has 4 nitrogen and oxygen atoms in total. The predicted octanol–water partition coefficient (Wildman–Crippen LogP) is 0.666. The van der Waals surface area contributed by atoms with Crippen molar-refractivity contribution in [3.63, 3.8) is 0 Å². The highest BCUT2D eigenvalue weighted by atomic mass is 16.3. The van der Waals surface area contributed by atoms with Crippen molar-refractivity contribution in [1.29, 1.82) is 0 Å². The Hall–Kier alpha value is -1.16. The molecule has 0 aromatic rings. The van der Waals surface area contributed by atoms with Gasteiger partial charge in [-0.1, -0.05) is 20.3 Å². The molecule has 0 saturated carbocycles. The molecule has 0 aromatic heterocycles. The highest BCUT2D eigenvalue weighted by Crippen LogP contribution is 2.17. The van der Waals surface area contributed by atoms with Crippen LogP contribution in [0.4, 0.5) is 0 Å². The summed E-state index contributed by atoms with van der Waals surface area (Å²) in [6.45, 7) is 3.82. The SMILES string of the molecule is CCCC(C)C(O)N1C(=O)C=CC1=O. The number of imide groups is 1. The minimum atomic E-state index is -0.995. The van der Waals surface area contributed by atoms with Gasteiger partial charge < -0.3 is 5.11 Å². The highest BCUT2D eigenvalue weighted by Gasteiger charge is 2.32. The van der Waals surface area contributed by atoms with Crippen molar-refractivity contribution in [2.45, 2.75) is 32.9 Å². The van der Waals surface area contributed by atoms with Gasteiger partial charge in [0.15, 0.2) is 0 Å². The van der Waals surface area contributed by atoms with Gasteiger partial charge in [0.25, 0.3) is 11.8 Å². The van der Waals surface area contributed by atoms with Gasteiger partial charge in [-0.2, -0.15) is 0 Å². The Morgan fingerprint density at radius 2 is 1.86 bits per heavy atom. The van der Waals surface area contributed by atoms with Crippen LogP contribution in [-0.2, 0) is 9.59 Å². The second-order valence-electron chi connectivity index (χ2n) is 3.56. The molecule has 1 heterocycles. The molecule has 0 aliphatic carbocycles. The number of carbonyl (C=O) groups excluding carboxylic acids is 2. The van der Waals surface area contributed by atoms with E-state index in [0.717, 1.165) is 17.7 Å². The monoisotopic (exact) mass is 197 g/mol. The lowest BCUT2D eigenvalue weighted by Gasteiger charge is -2.26. The fraction of sp³-hybridized carbons (Fsp3) is 0.600. The van der Waals surface area contributed by atoms with Crippen LogP contribution in [0, 0.1) is 5.92 Å². The van der Waals surface area contributed by atoms with E-state index in [1.54, 1.807) is 0 Å². The van der Waals surface area contributed by atoms with Crippen molar-refractivity contribution >= 4 is 11.8 Å². The number of aliphatic hydroxyl groups is 1. The predicted molar refractivity (Wildman–Crippen MR) is 51.1 cm³/mol. The van der Waals surface area contributed by atoms with Gasteiger partial charge in [-0.05, 0) is 6.42 Å². The Morgan fingerprint density at radius 1 is 1.36 bits per heavy atom. The maximum Gasteiger partial charge on any atom is 0.255 e. The first-order valence-electron chi connectivity index (χ1n) is 4.81. The quantitative estimate of drug-likeness (QED) is 0.674. The third kappa shape index (κ3) is 2.01. The van der Waals surface area contributed by atoms with Gasteiger partial charge in [0.1, 0.15) is 6.23 Å². The zero-order chi connectivity index (χ0) is 10.7. The fourth-order valence-corrected chi connectivity index (χ4v) is 1.53. The highest BCUT2D eigenvalue weighted by molar-refractivity contribution is 6.13. The van der Waals surface area contributed by atoms with E-state index in [-0.39, 0.29) is 5.92 Å². The molecular weight excluding hydrogens is 182 g/mol. The Kier molecular flexibility index (Phi) is 3.41. The summed E-state index contributed by atoms with van der Waals surface area (Å²) in [6, 6.07) is 0. The normalized spacial score (nSPS) is 20.4. The zero-order valence-electron chi connectivity index (χ0n) is 8.43. The van der Waals surface area contributed by atoms with E-state index in [2.05, 4.69) is 0 Å². The summed E-state index contributed by atoms with van der Waals surface area (Å²) in [7, 11) is 0. The number of hydrogen-bond donors (Lipinski definition) is 1. The van der Waals surface area contributed by atoms with Crippen LogP contribution < -0.4 is 0 Å². The van der Waals surface area contributed by atoms with Crippen LogP contribution in [0.15, 0.2) is 12.2 Å². The maximum atomic E-state index is 11.2. The molecule has 0 saturated heterocycles. The molecule has 78 valence electrons. The van der Waals surface area contributed by atoms with Gasteiger partial charge in [0.2, 0.25) is 0 Å². The van der Waals surface area contributed by atoms with Gasteiger partial charge in [0.05, 0.1) is 0 Å². The molecule has 0 radical (unpaired) electrons. The largest absolute Gasteiger partial charge is 0.373 e. The third-order valence-corrected chi connectivity index (χ3v) is 2.36. The van der Waals surface area contributed by atoms with Crippen molar-refractivity contribution in [2.24, 2.45) is 5.92 Å². The second kappa shape index (κ2) is 4.37. The topological polar surface area (TPSA) is 57.6 Å². The molecule has 0 fully saturated rings. The molecule has 0 spiro atoms. The number of carbonyl (C=O) groups is 2. The van der Waals surface area contributed by atoms with Crippen molar-refractivity contribution in [1.82, 2.24) is 4.90 Å². The standard InChI is InChI=1S/C10H15NO3/c1-3-4-7(2)10(14)11-8(12)5-6-9(11)13/h5-7,10,14H,3-4H2,1-2H3. The van der Waals surface area contributed by atoms with E-state index >= 15 is 0 Å². The van der Waals surface area contributed by atoms with E-state index in [9.17, 15) is 14.7 Å². The van der Waals surface area contributed by atoms with Crippen molar-refractivity contribution in [2.75, 3.05) is 0 Å². The zero-order valence-corrected chi connectivity index (χ0v) is 8.43. The smallest absolute Gasteiger partial charge is 0.255 e. The lowest BCUT2D eigenvalue weighted by Crippen LogP contribution is -2.43. The molecule has 2 amide bonds. The summed E-state index contributed by atoms with van der Waals surface area (Å²) in [5, 5.41) is 9.73. The molecule has 0 bridgehead atoms. The number of rotatable bonds is 4. The van der Waals surface area contributed by atoms with Gasteiger partial charge in [0, 0.05) is 18.1 Å². The molecule has 1 rings (SSSR count). The Morgan fingerprint density at radius 3 is 2.29 bits per heavy atom. The number of aliphatic hydroxyl groups excluding tert-OH is 1. The Balaban J connectivity index is 2.65. The van der Waals surface area contributed by atoms with Crippen LogP contribution in [-0.4, -0.2) is 28.0 Å². The van der Waals surface area contributed by atoms with E-state index < -0.39 is 18.0 Å². The van der Waals surface area contributed by atoms with Crippen LogP contribution in [0.25, 0.3) is 0 Å².